The van der Waals surface area contributed by atoms with Crippen LogP contribution in [0.5, 0.6) is 0 Å². The van der Waals surface area contributed by atoms with E-state index in [1.54, 1.807) is 20.8 Å². The monoisotopic (exact) mass is 305 g/mol. The van der Waals surface area contributed by atoms with Gasteiger partial charge in [-0.2, -0.15) is 0 Å². The minimum absolute atomic E-state index is 0.303. The third-order valence-electron chi connectivity index (χ3n) is 3.52. The van der Waals surface area contributed by atoms with Crippen LogP contribution in [0.25, 0.3) is 0 Å². The van der Waals surface area contributed by atoms with Crippen LogP contribution in [0.3, 0.4) is 0 Å². The second kappa shape index (κ2) is 8.38. The first-order valence-electron chi connectivity index (χ1n) is 7.88. The summed E-state index contributed by atoms with van der Waals surface area (Å²) in [5.74, 6) is 1.99. The van der Waals surface area contributed by atoms with E-state index in [4.69, 9.17) is 0 Å². The van der Waals surface area contributed by atoms with Crippen molar-refractivity contribution in [2.45, 2.75) is 66.1 Å². The van der Waals surface area contributed by atoms with E-state index in [1.807, 2.05) is 0 Å². The summed E-state index contributed by atoms with van der Waals surface area (Å²) in [6, 6.07) is 0. The lowest BCUT2D eigenvalue weighted by Crippen LogP contribution is -2.33. The van der Waals surface area contributed by atoms with Gasteiger partial charge < -0.3 is 5.32 Å². The van der Waals surface area contributed by atoms with Gasteiger partial charge in [0.15, 0.2) is 9.84 Å². The predicted octanol–water partition coefficient (Wildman–Crippen LogP) is 3.50. The van der Waals surface area contributed by atoms with Gasteiger partial charge in [0.05, 0.1) is 10.5 Å². The Kier molecular flexibility index (Phi) is 8.34. The maximum Gasteiger partial charge on any atom is 0.155 e. The Hall–Kier alpha value is -0.0900. The average Bonchev–Trinajstić information content (AvgIpc) is 2.22. The van der Waals surface area contributed by atoms with Crippen molar-refractivity contribution < 1.29 is 8.42 Å². The van der Waals surface area contributed by atoms with Crippen LogP contribution in [-0.4, -0.2) is 32.0 Å². The number of nitrogens with one attached hydrogen (secondary N) is 1. The minimum atomic E-state index is -3.00. The van der Waals surface area contributed by atoms with Crippen molar-refractivity contribution >= 4 is 9.84 Å². The van der Waals surface area contributed by atoms with Crippen molar-refractivity contribution in [3.05, 3.63) is 0 Å². The van der Waals surface area contributed by atoms with Gasteiger partial charge >= 0.3 is 0 Å². The summed E-state index contributed by atoms with van der Waals surface area (Å²) in [5.41, 5.74) is 0. The average molecular weight is 306 g/mol. The van der Waals surface area contributed by atoms with Gasteiger partial charge in [0, 0.05) is 0 Å². The van der Waals surface area contributed by atoms with E-state index >= 15 is 0 Å². The van der Waals surface area contributed by atoms with Crippen LogP contribution in [0.15, 0.2) is 0 Å². The molecule has 3 nitrogen and oxygen atoms in total. The summed E-state index contributed by atoms with van der Waals surface area (Å²) in [5, 5.41) is 3.47. The fourth-order valence-corrected chi connectivity index (χ4v) is 3.43. The van der Waals surface area contributed by atoms with Crippen LogP contribution in [0.1, 0.15) is 61.3 Å². The molecule has 0 bridgehead atoms. The Morgan fingerprint density at radius 2 is 1.50 bits per heavy atom. The van der Waals surface area contributed by atoms with Gasteiger partial charge in [-0.3, -0.25) is 0 Å². The van der Waals surface area contributed by atoms with Crippen LogP contribution in [0.2, 0.25) is 0 Å². The summed E-state index contributed by atoms with van der Waals surface area (Å²) >= 11 is 0. The van der Waals surface area contributed by atoms with E-state index in [0.717, 1.165) is 25.9 Å². The Labute approximate surface area is 126 Å². The normalized spacial score (nSPS) is 15.1. The van der Waals surface area contributed by atoms with Crippen molar-refractivity contribution in [3.63, 3.8) is 0 Å². The Morgan fingerprint density at radius 3 is 1.90 bits per heavy atom. The fraction of sp³-hybridized carbons (Fsp3) is 1.00. The molecule has 0 amide bonds. The molecule has 0 spiro atoms. The van der Waals surface area contributed by atoms with Gasteiger partial charge in [-0.1, -0.05) is 27.7 Å². The molecule has 1 atom stereocenters. The Bertz CT molecular complexity index is 353. The van der Waals surface area contributed by atoms with E-state index in [-0.39, 0.29) is 0 Å². The van der Waals surface area contributed by atoms with Crippen LogP contribution in [0, 0.1) is 17.8 Å². The van der Waals surface area contributed by atoms with Gasteiger partial charge in [-0.25, -0.2) is 8.42 Å². The van der Waals surface area contributed by atoms with Crippen LogP contribution >= 0.6 is 0 Å². The van der Waals surface area contributed by atoms with Gasteiger partial charge in [0.2, 0.25) is 0 Å². The molecule has 0 aromatic heterocycles. The highest BCUT2D eigenvalue weighted by atomic mass is 32.2. The molecule has 0 aliphatic rings. The van der Waals surface area contributed by atoms with Crippen LogP contribution < -0.4 is 5.32 Å². The van der Waals surface area contributed by atoms with Crippen molar-refractivity contribution in [1.82, 2.24) is 5.32 Å². The van der Waals surface area contributed by atoms with Crippen molar-refractivity contribution in [2.24, 2.45) is 17.8 Å². The first kappa shape index (κ1) is 19.9. The molecule has 0 rings (SSSR count). The first-order chi connectivity index (χ1) is 8.95. The predicted molar refractivity (Wildman–Crippen MR) is 88.8 cm³/mol. The highest BCUT2D eigenvalue weighted by Crippen LogP contribution is 2.21. The first-order valence-corrected chi connectivity index (χ1v) is 9.54. The molecular weight excluding hydrogens is 270 g/mol. The molecule has 0 aromatic rings. The zero-order valence-corrected chi connectivity index (χ0v) is 15.3. The Balaban J connectivity index is 4.44. The maximum atomic E-state index is 12.2. The standard InChI is InChI=1S/C16H35NO2S/c1-13(2)10-15(12-17-11-14(3)4)8-9-20(18,19)16(5,6)7/h13-15,17H,8-12H2,1-7H3. The van der Waals surface area contributed by atoms with Gasteiger partial charge in [0.1, 0.15) is 0 Å². The molecule has 1 unspecified atom stereocenters. The topological polar surface area (TPSA) is 46.2 Å². The van der Waals surface area contributed by atoms with Crippen LogP contribution in [0.4, 0.5) is 0 Å². The van der Waals surface area contributed by atoms with Gasteiger partial charge in [-0.15, -0.1) is 0 Å². The van der Waals surface area contributed by atoms with Gasteiger partial charge in [-0.05, 0) is 64.5 Å². The quantitative estimate of drug-likeness (QED) is 0.709. The second-order valence-corrected chi connectivity index (χ2v) is 10.6. The second-order valence-electron chi connectivity index (χ2n) is 7.77. The molecule has 0 aromatic carbocycles. The third-order valence-corrected chi connectivity index (χ3v) is 6.16. The van der Waals surface area contributed by atoms with Gasteiger partial charge in [0.25, 0.3) is 0 Å². The Morgan fingerprint density at radius 1 is 0.950 bits per heavy atom. The number of sulfone groups is 1. The van der Waals surface area contributed by atoms with Crippen molar-refractivity contribution in [1.29, 1.82) is 0 Å². The molecule has 0 aliphatic carbocycles. The molecule has 0 fully saturated rings. The van der Waals surface area contributed by atoms with E-state index in [0.29, 0.717) is 23.5 Å². The molecule has 0 radical (unpaired) electrons. The third kappa shape index (κ3) is 8.25. The van der Waals surface area contributed by atoms with Crippen LogP contribution in [-0.2, 0) is 9.84 Å². The molecule has 1 N–H and O–H groups in total. The fourth-order valence-electron chi connectivity index (χ4n) is 2.17. The molecule has 0 saturated heterocycles. The minimum Gasteiger partial charge on any atom is -0.316 e. The number of hydrogen-bond donors (Lipinski definition) is 1. The summed E-state index contributed by atoms with van der Waals surface area (Å²) in [7, 11) is -3.00. The molecule has 122 valence electrons. The van der Waals surface area contributed by atoms with E-state index in [1.165, 1.54) is 0 Å². The van der Waals surface area contributed by atoms with E-state index in [9.17, 15) is 8.42 Å². The summed E-state index contributed by atoms with van der Waals surface area (Å²) in [4.78, 5) is 0. The highest BCUT2D eigenvalue weighted by Gasteiger charge is 2.29. The van der Waals surface area contributed by atoms with Crippen molar-refractivity contribution in [3.8, 4) is 0 Å². The maximum absolute atomic E-state index is 12.2. The number of rotatable bonds is 9. The lowest BCUT2D eigenvalue weighted by molar-refractivity contribution is 0.368. The summed E-state index contributed by atoms with van der Waals surface area (Å²) in [6.45, 7) is 16.1. The molecule has 0 saturated carbocycles. The molecule has 4 heteroatoms. The largest absolute Gasteiger partial charge is 0.316 e. The van der Waals surface area contributed by atoms with E-state index < -0.39 is 14.6 Å². The van der Waals surface area contributed by atoms with E-state index in [2.05, 4.69) is 33.0 Å². The molecule has 0 heterocycles. The summed E-state index contributed by atoms with van der Waals surface area (Å²) < 4.78 is 23.8. The number of hydrogen-bond acceptors (Lipinski definition) is 3. The lowest BCUT2D eigenvalue weighted by atomic mass is 9.94. The zero-order chi connectivity index (χ0) is 16.0. The van der Waals surface area contributed by atoms with Crippen molar-refractivity contribution in [2.75, 3.05) is 18.8 Å². The summed E-state index contributed by atoms with van der Waals surface area (Å²) in [6.07, 6.45) is 1.85. The molecule has 20 heavy (non-hydrogen) atoms. The lowest BCUT2D eigenvalue weighted by Gasteiger charge is -2.23. The highest BCUT2D eigenvalue weighted by molar-refractivity contribution is 7.92. The zero-order valence-electron chi connectivity index (χ0n) is 14.5. The molecular formula is C16H35NO2S. The molecule has 0 aliphatic heterocycles. The smallest absolute Gasteiger partial charge is 0.155 e. The SMILES string of the molecule is CC(C)CNCC(CCS(=O)(=O)C(C)(C)C)CC(C)C.